The van der Waals surface area contributed by atoms with E-state index in [-0.39, 0.29) is 36.5 Å². The summed E-state index contributed by atoms with van der Waals surface area (Å²) in [5.41, 5.74) is 7.84. The van der Waals surface area contributed by atoms with Crippen molar-refractivity contribution in [2.24, 2.45) is 0 Å². The first-order valence-electron chi connectivity index (χ1n) is 7.66. The lowest BCUT2D eigenvalue weighted by atomic mass is 10.1. The number of rotatable bonds is 6. The Labute approximate surface area is 155 Å². The molecule has 2 rings (SSSR count). The van der Waals surface area contributed by atoms with Crippen LogP contribution in [0.25, 0.3) is 0 Å². The largest absolute Gasteiger partial charge is 0.484 e. The highest BCUT2D eigenvalue weighted by atomic mass is 35.5. The number of alkyl halides is 3. The molecule has 0 fully saturated rings. The van der Waals surface area contributed by atoms with Crippen LogP contribution in [-0.4, -0.2) is 18.7 Å². The van der Waals surface area contributed by atoms with Crippen molar-refractivity contribution in [3.8, 4) is 5.75 Å². The molecule has 0 saturated heterocycles. The van der Waals surface area contributed by atoms with E-state index >= 15 is 0 Å². The molecule has 3 N–H and O–H groups in total. The Balaban J connectivity index is 0.00000338. The van der Waals surface area contributed by atoms with E-state index < -0.39 is 12.8 Å². The number of nitrogens with one attached hydrogen (secondary N) is 1. The second-order valence-corrected chi connectivity index (χ2v) is 5.68. The molecule has 26 heavy (non-hydrogen) atoms. The van der Waals surface area contributed by atoms with Crippen molar-refractivity contribution in [2.75, 3.05) is 12.3 Å². The summed E-state index contributed by atoms with van der Waals surface area (Å²) < 4.78 is 41.0. The quantitative estimate of drug-likeness (QED) is 0.734. The number of carbonyl (C=O) groups is 1. The molecular formula is C18H20ClF3N2O2. The number of hydrogen-bond donors (Lipinski definition) is 2. The van der Waals surface area contributed by atoms with Crippen LogP contribution in [0.3, 0.4) is 0 Å². The summed E-state index contributed by atoms with van der Waals surface area (Å²) in [4.78, 5) is 12.1. The van der Waals surface area contributed by atoms with Gasteiger partial charge in [0.25, 0.3) is 0 Å². The lowest BCUT2D eigenvalue weighted by molar-refractivity contribution is -0.153. The Morgan fingerprint density at radius 3 is 2.23 bits per heavy atom. The number of ether oxygens (including phenoxy) is 1. The van der Waals surface area contributed by atoms with Crippen LogP contribution >= 0.6 is 12.4 Å². The van der Waals surface area contributed by atoms with Gasteiger partial charge in [-0.2, -0.15) is 13.2 Å². The molecule has 0 aromatic heterocycles. The predicted octanol–water partition coefficient (Wildman–Crippen LogP) is 4.05. The van der Waals surface area contributed by atoms with Gasteiger partial charge >= 0.3 is 6.18 Å². The van der Waals surface area contributed by atoms with Crippen LogP contribution in [0.2, 0.25) is 0 Å². The van der Waals surface area contributed by atoms with Gasteiger partial charge in [0, 0.05) is 5.69 Å². The van der Waals surface area contributed by atoms with Crippen molar-refractivity contribution in [2.45, 2.75) is 25.6 Å². The van der Waals surface area contributed by atoms with Crippen molar-refractivity contribution in [1.29, 1.82) is 0 Å². The minimum absolute atomic E-state index is 0. The number of amides is 1. The van der Waals surface area contributed by atoms with Gasteiger partial charge in [0.05, 0.1) is 12.5 Å². The maximum atomic E-state index is 12.1. The third-order valence-corrected chi connectivity index (χ3v) is 3.50. The average Bonchev–Trinajstić information content (AvgIpc) is 2.55. The normalized spacial score (nSPS) is 12.0. The van der Waals surface area contributed by atoms with Crippen LogP contribution in [-0.2, 0) is 11.2 Å². The van der Waals surface area contributed by atoms with E-state index in [2.05, 4.69) is 10.1 Å². The Hall–Kier alpha value is -2.41. The van der Waals surface area contributed by atoms with Crippen molar-refractivity contribution >= 4 is 24.0 Å². The summed E-state index contributed by atoms with van der Waals surface area (Å²) in [5, 5.41) is 2.84. The van der Waals surface area contributed by atoms with Crippen LogP contribution in [0.1, 0.15) is 24.1 Å². The molecule has 1 amide bonds. The number of nitrogens with two attached hydrogens (primary N) is 1. The lowest BCUT2D eigenvalue weighted by Gasteiger charge is -2.15. The number of benzene rings is 2. The Kier molecular flexibility index (Phi) is 7.76. The van der Waals surface area contributed by atoms with E-state index in [0.29, 0.717) is 5.69 Å². The van der Waals surface area contributed by atoms with Crippen molar-refractivity contribution in [1.82, 2.24) is 5.32 Å². The van der Waals surface area contributed by atoms with Crippen LogP contribution in [0.15, 0.2) is 48.5 Å². The van der Waals surface area contributed by atoms with Gasteiger partial charge in [-0.3, -0.25) is 4.79 Å². The molecule has 0 aliphatic rings. The zero-order valence-electron chi connectivity index (χ0n) is 14.0. The summed E-state index contributed by atoms with van der Waals surface area (Å²) >= 11 is 0. The third-order valence-electron chi connectivity index (χ3n) is 3.50. The highest BCUT2D eigenvalue weighted by Crippen LogP contribution is 2.21. The van der Waals surface area contributed by atoms with Crippen molar-refractivity contribution < 1.29 is 22.7 Å². The summed E-state index contributed by atoms with van der Waals surface area (Å²) in [5.74, 6) is -0.0313. The molecule has 0 radical (unpaired) electrons. The van der Waals surface area contributed by atoms with Gasteiger partial charge < -0.3 is 15.8 Å². The highest BCUT2D eigenvalue weighted by Gasteiger charge is 2.28. The number of anilines is 1. The summed E-state index contributed by atoms with van der Waals surface area (Å²) in [6.07, 6.45) is -4.15. The number of hydrogen-bond acceptors (Lipinski definition) is 3. The van der Waals surface area contributed by atoms with Gasteiger partial charge in [-0.05, 0) is 42.3 Å². The highest BCUT2D eigenvalue weighted by molar-refractivity contribution is 5.85. The van der Waals surface area contributed by atoms with Crippen LogP contribution < -0.4 is 15.8 Å². The molecule has 1 atom stereocenters. The second kappa shape index (κ2) is 9.33. The van der Waals surface area contributed by atoms with Crippen molar-refractivity contribution in [3.63, 3.8) is 0 Å². The van der Waals surface area contributed by atoms with Gasteiger partial charge in [0.1, 0.15) is 5.75 Å². The van der Waals surface area contributed by atoms with E-state index in [0.717, 1.165) is 11.1 Å². The lowest BCUT2D eigenvalue weighted by Crippen LogP contribution is -2.28. The zero-order chi connectivity index (χ0) is 18.4. The molecule has 0 saturated carbocycles. The van der Waals surface area contributed by atoms with Gasteiger partial charge in [-0.15, -0.1) is 12.4 Å². The van der Waals surface area contributed by atoms with E-state index in [4.69, 9.17) is 5.73 Å². The van der Waals surface area contributed by atoms with Crippen LogP contribution in [0, 0.1) is 0 Å². The summed E-state index contributed by atoms with van der Waals surface area (Å²) in [7, 11) is 0. The molecule has 8 heteroatoms. The van der Waals surface area contributed by atoms with Gasteiger partial charge in [-0.25, -0.2) is 0 Å². The Morgan fingerprint density at radius 1 is 1.12 bits per heavy atom. The molecule has 0 spiro atoms. The first-order chi connectivity index (χ1) is 11.7. The van der Waals surface area contributed by atoms with E-state index in [9.17, 15) is 18.0 Å². The molecule has 1 unspecified atom stereocenters. The third kappa shape index (κ3) is 7.23. The fourth-order valence-corrected chi connectivity index (χ4v) is 2.21. The van der Waals surface area contributed by atoms with Gasteiger partial charge in [-0.1, -0.05) is 24.3 Å². The van der Waals surface area contributed by atoms with E-state index in [1.165, 1.54) is 12.1 Å². The minimum Gasteiger partial charge on any atom is -0.484 e. The van der Waals surface area contributed by atoms with Crippen LogP contribution in [0.4, 0.5) is 18.9 Å². The number of nitrogen functional groups attached to an aromatic ring is 1. The number of halogens is 4. The molecule has 0 aliphatic carbocycles. The summed E-state index contributed by atoms with van der Waals surface area (Å²) in [6, 6.07) is 12.9. The molecule has 0 bridgehead atoms. The predicted molar refractivity (Wildman–Crippen MR) is 96.4 cm³/mol. The number of carbonyl (C=O) groups excluding carboxylic acids is 1. The first-order valence-corrected chi connectivity index (χ1v) is 7.66. The van der Waals surface area contributed by atoms with Gasteiger partial charge in [0.15, 0.2) is 6.61 Å². The SMILES string of the molecule is CC(NC(=O)Cc1ccc(N)cc1)c1ccc(OCC(F)(F)F)cc1.Cl. The molecule has 0 heterocycles. The monoisotopic (exact) mass is 388 g/mol. The second-order valence-electron chi connectivity index (χ2n) is 5.68. The smallest absolute Gasteiger partial charge is 0.422 e. The van der Waals surface area contributed by atoms with Crippen LogP contribution in [0.5, 0.6) is 5.75 Å². The molecule has 0 aliphatic heterocycles. The fraction of sp³-hybridized carbons (Fsp3) is 0.278. The minimum atomic E-state index is -4.37. The van der Waals surface area contributed by atoms with Crippen molar-refractivity contribution in [3.05, 3.63) is 59.7 Å². The van der Waals surface area contributed by atoms with Gasteiger partial charge in [0.2, 0.25) is 5.91 Å². The maximum Gasteiger partial charge on any atom is 0.422 e. The standard InChI is InChI=1S/C18H19F3N2O2.ClH/c1-12(23-17(24)10-13-2-6-15(22)7-3-13)14-4-8-16(9-5-14)25-11-18(19,20)21;/h2-9,12H,10-11,22H2,1H3,(H,23,24);1H. The Bertz CT molecular complexity index is 704. The summed E-state index contributed by atoms with van der Waals surface area (Å²) in [6.45, 7) is 0.465. The van der Waals surface area contributed by atoms with E-state index in [1.54, 1.807) is 43.3 Å². The topological polar surface area (TPSA) is 64.4 Å². The molecular weight excluding hydrogens is 369 g/mol. The fourth-order valence-electron chi connectivity index (χ4n) is 2.21. The molecule has 2 aromatic rings. The van der Waals surface area contributed by atoms with E-state index in [1.807, 2.05) is 0 Å². The average molecular weight is 389 g/mol. The molecule has 4 nitrogen and oxygen atoms in total. The molecule has 2 aromatic carbocycles. The Morgan fingerprint density at radius 2 is 1.69 bits per heavy atom. The molecule has 142 valence electrons. The zero-order valence-corrected chi connectivity index (χ0v) is 14.9. The maximum absolute atomic E-state index is 12.1. The first kappa shape index (κ1) is 21.6.